The van der Waals surface area contributed by atoms with E-state index in [2.05, 4.69) is 47.0 Å². The Morgan fingerprint density at radius 3 is 1.74 bits per heavy atom. The third-order valence-electron chi connectivity index (χ3n) is 9.34. The van der Waals surface area contributed by atoms with Crippen molar-refractivity contribution >= 4 is 98.0 Å². The predicted molar refractivity (Wildman–Crippen MR) is 170 cm³/mol. The van der Waals surface area contributed by atoms with Crippen LogP contribution >= 0.6 is 0 Å². The zero-order valence-electron chi connectivity index (χ0n) is 21.8. The predicted octanol–water partition coefficient (Wildman–Crippen LogP) is 7.24. The van der Waals surface area contributed by atoms with Gasteiger partial charge < -0.3 is 0 Å². The van der Waals surface area contributed by atoms with Crippen LogP contribution in [0.5, 0.6) is 0 Å². The number of nitrogens with zero attached hydrogens (tertiary/aromatic N) is 4. The minimum Gasteiger partial charge on any atom is -0.299 e. The average molecular weight is 537 g/mol. The Kier molecular flexibility index (Phi) is 3.34. The van der Waals surface area contributed by atoms with Gasteiger partial charge in [-0.1, -0.05) is 54.6 Å². The van der Waals surface area contributed by atoms with Gasteiger partial charge in [0.2, 0.25) is 10.9 Å². The van der Waals surface area contributed by atoms with Crippen LogP contribution in [0.3, 0.4) is 0 Å². The second-order valence-corrected chi connectivity index (χ2v) is 11.3. The highest BCUT2D eigenvalue weighted by Gasteiger charge is 2.24. The van der Waals surface area contributed by atoms with E-state index in [-0.39, 0.29) is 0 Å². The normalized spacial score (nSPS) is 13.0. The second-order valence-electron chi connectivity index (χ2n) is 11.3. The third kappa shape index (κ3) is 2.18. The highest BCUT2D eigenvalue weighted by atomic mass is 16.2. The Labute approximate surface area is 234 Å². The Balaban J connectivity index is 1.43. The van der Waals surface area contributed by atoms with Crippen molar-refractivity contribution in [3.8, 4) is 0 Å². The molecule has 4 aromatic heterocycles. The smallest absolute Gasteiger partial charge is 0.237 e. The third-order valence-corrected chi connectivity index (χ3v) is 9.34. The molecule has 0 aliphatic heterocycles. The molecule has 6 nitrogen and oxygen atoms in total. The van der Waals surface area contributed by atoms with Crippen LogP contribution < -0.4 is 10.9 Å². The van der Waals surface area contributed by atoms with Gasteiger partial charge >= 0.3 is 0 Å². The van der Waals surface area contributed by atoms with Gasteiger partial charge in [-0.2, -0.15) is 0 Å². The molecule has 0 radical (unpaired) electrons. The molecule has 6 heteroatoms. The molecule has 42 heavy (non-hydrogen) atoms. The van der Waals surface area contributed by atoms with Gasteiger partial charge in [0, 0.05) is 39.3 Å². The highest BCUT2D eigenvalue weighted by Crippen LogP contribution is 2.45. The van der Waals surface area contributed by atoms with E-state index in [1.54, 1.807) is 0 Å². The number of pyridine rings is 2. The van der Waals surface area contributed by atoms with Gasteiger partial charge in [0.05, 0.1) is 27.5 Å². The van der Waals surface area contributed by atoms with Crippen LogP contribution in [0.1, 0.15) is 0 Å². The van der Waals surface area contributed by atoms with Crippen LogP contribution in [-0.4, -0.2) is 18.8 Å². The number of hydrogen-bond donors (Lipinski definition) is 0. The number of aromatic nitrogens is 4. The van der Waals surface area contributed by atoms with E-state index in [1.165, 1.54) is 0 Å². The SMILES string of the molecule is O=c1c(=O)c2c3c(ccc4c5ccc6c7c(ccc(c1c43)c57)cn1c3ccccc3nc61)cn1c3ccccc3nc21. The van der Waals surface area contributed by atoms with E-state index in [0.29, 0.717) is 16.4 Å². The minimum atomic E-state index is -0.502. The largest absolute Gasteiger partial charge is 0.299 e. The first kappa shape index (κ1) is 20.9. The number of hydrogen-bond acceptors (Lipinski definition) is 4. The Morgan fingerprint density at radius 2 is 0.976 bits per heavy atom. The van der Waals surface area contributed by atoms with E-state index in [1.807, 2.05) is 59.1 Å². The van der Waals surface area contributed by atoms with Crippen LogP contribution in [0.25, 0.3) is 98.0 Å². The molecule has 0 saturated carbocycles. The zero-order valence-corrected chi connectivity index (χ0v) is 21.8. The molecular weight excluding hydrogens is 520 g/mol. The van der Waals surface area contributed by atoms with Gasteiger partial charge in [0.1, 0.15) is 11.3 Å². The topological polar surface area (TPSA) is 68.7 Å². The van der Waals surface area contributed by atoms with E-state index < -0.39 is 10.9 Å². The fourth-order valence-electron chi connectivity index (χ4n) is 7.65. The number of fused-ring (bicyclic) bond motifs is 10. The fourth-order valence-corrected chi connectivity index (χ4v) is 7.65. The molecule has 0 N–H and O–H groups in total. The van der Waals surface area contributed by atoms with Crippen molar-refractivity contribution in [2.75, 3.05) is 0 Å². The summed E-state index contributed by atoms with van der Waals surface area (Å²) in [5, 5.41) is 10.4. The standard InChI is InChI=1S/C36H16N4O2/c41-33-31-21-12-10-17-15-39-25-7-3-1-5-23(25)37-35(39)22-14-13-19(29(21)27(17)22)20-11-9-18-16-40-26-8-4-2-6-24(26)38-36(40)32(34(33)42)28(18)30(20)31/h1-16H. The van der Waals surface area contributed by atoms with Crippen molar-refractivity contribution in [2.45, 2.75) is 0 Å². The van der Waals surface area contributed by atoms with Crippen LogP contribution in [0.2, 0.25) is 0 Å². The Morgan fingerprint density at radius 1 is 0.429 bits per heavy atom. The van der Waals surface area contributed by atoms with Gasteiger partial charge in [-0.15, -0.1) is 0 Å². The Hall–Kier alpha value is -5.88. The van der Waals surface area contributed by atoms with Crippen molar-refractivity contribution < 1.29 is 0 Å². The van der Waals surface area contributed by atoms with E-state index in [4.69, 9.17) is 9.97 Å². The van der Waals surface area contributed by atoms with E-state index in [9.17, 15) is 9.59 Å². The Bertz CT molecular complexity index is 3120. The number of para-hydroxylation sites is 4. The van der Waals surface area contributed by atoms with Crippen LogP contribution in [0.15, 0.2) is 107 Å². The minimum absolute atomic E-state index is 0.394. The molecule has 0 unspecified atom stereocenters. The summed E-state index contributed by atoms with van der Waals surface area (Å²) < 4.78 is 4.09. The lowest BCUT2D eigenvalue weighted by Crippen LogP contribution is -2.25. The second kappa shape index (κ2) is 6.70. The molecule has 0 atom stereocenters. The van der Waals surface area contributed by atoms with Crippen molar-refractivity contribution in [2.24, 2.45) is 0 Å². The van der Waals surface area contributed by atoms with Crippen LogP contribution in [-0.2, 0) is 0 Å². The summed E-state index contributed by atoms with van der Waals surface area (Å²) in [6, 6.07) is 28.5. The first-order chi connectivity index (χ1) is 20.7. The summed E-state index contributed by atoms with van der Waals surface area (Å²) in [6.45, 7) is 0. The molecule has 7 aromatic carbocycles. The van der Waals surface area contributed by atoms with Gasteiger partial charge in [0.15, 0.2) is 0 Å². The molecule has 0 spiro atoms. The van der Waals surface area contributed by atoms with Crippen molar-refractivity contribution in [1.82, 2.24) is 18.8 Å². The van der Waals surface area contributed by atoms with Crippen molar-refractivity contribution in [3.05, 3.63) is 118 Å². The lowest BCUT2D eigenvalue weighted by atomic mass is 9.86. The van der Waals surface area contributed by atoms with E-state index >= 15 is 0 Å². The lowest BCUT2D eigenvalue weighted by Gasteiger charge is -2.18. The number of rotatable bonds is 0. The molecular formula is C36H16N4O2. The van der Waals surface area contributed by atoms with Gasteiger partial charge in [0.25, 0.3) is 0 Å². The molecule has 0 saturated heterocycles. The number of benzene rings is 7. The van der Waals surface area contributed by atoms with Gasteiger partial charge in [-0.25, -0.2) is 9.97 Å². The fraction of sp³-hybridized carbons (Fsp3) is 0. The lowest BCUT2D eigenvalue weighted by molar-refractivity contribution is 1.26. The molecule has 0 aliphatic carbocycles. The molecule has 0 fully saturated rings. The molecule has 11 aromatic rings. The maximum Gasteiger partial charge on any atom is 0.237 e. The molecule has 0 aliphatic rings. The zero-order chi connectivity index (χ0) is 27.4. The maximum absolute atomic E-state index is 14.2. The summed E-state index contributed by atoms with van der Waals surface area (Å²) in [5.41, 5.74) is 4.11. The molecule has 11 rings (SSSR count). The van der Waals surface area contributed by atoms with E-state index in [0.717, 1.165) is 81.6 Å². The summed E-state index contributed by atoms with van der Waals surface area (Å²) in [4.78, 5) is 38.0. The monoisotopic (exact) mass is 536 g/mol. The maximum atomic E-state index is 14.2. The molecule has 4 heterocycles. The van der Waals surface area contributed by atoms with Gasteiger partial charge in [-0.3, -0.25) is 18.4 Å². The summed E-state index contributed by atoms with van der Waals surface area (Å²) in [6.07, 6.45) is 4.17. The summed E-state index contributed by atoms with van der Waals surface area (Å²) >= 11 is 0. The first-order valence-corrected chi connectivity index (χ1v) is 13.9. The van der Waals surface area contributed by atoms with Gasteiger partial charge in [-0.05, 0) is 62.6 Å². The molecule has 0 amide bonds. The van der Waals surface area contributed by atoms with Crippen LogP contribution in [0.4, 0.5) is 0 Å². The molecule has 0 bridgehead atoms. The number of imidazole rings is 2. The average Bonchev–Trinajstić information content (AvgIpc) is 3.59. The summed E-state index contributed by atoms with van der Waals surface area (Å²) in [7, 11) is 0. The molecule has 192 valence electrons. The van der Waals surface area contributed by atoms with Crippen LogP contribution in [0, 0.1) is 0 Å². The summed E-state index contributed by atoms with van der Waals surface area (Å²) in [5.74, 6) is 0. The first-order valence-electron chi connectivity index (χ1n) is 13.9. The van der Waals surface area contributed by atoms with Crippen molar-refractivity contribution in [3.63, 3.8) is 0 Å². The quantitative estimate of drug-likeness (QED) is 0.116. The van der Waals surface area contributed by atoms with Crippen molar-refractivity contribution in [1.29, 1.82) is 0 Å². The highest BCUT2D eigenvalue weighted by molar-refractivity contribution is 6.40.